The zero-order valence-electron chi connectivity index (χ0n) is 18.0. The molecular weight excluding hydrogens is 414 g/mol. The van der Waals surface area contributed by atoms with Crippen molar-refractivity contribution < 1.29 is 23.9 Å². The molecule has 32 heavy (non-hydrogen) atoms. The summed E-state index contributed by atoms with van der Waals surface area (Å²) in [6, 6.07) is 14.0. The van der Waals surface area contributed by atoms with Crippen LogP contribution in [0.3, 0.4) is 0 Å². The number of rotatable bonds is 7. The van der Waals surface area contributed by atoms with Gasteiger partial charge in [-0.1, -0.05) is 17.7 Å². The zero-order chi connectivity index (χ0) is 23.1. The van der Waals surface area contributed by atoms with Gasteiger partial charge >= 0.3 is 5.91 Å². The van der Waals surface area contributed by atoms with Crippen LogP contribution in [0.5, 0.6) is 11.5 Å². The van der Waals surface area contributed by atoms with Gasteiger partial charge in [0.1, 0.15) is 18.0 Å². The van der Waals surface area contributed by atoms with Gasteiger partial charge in [-0.3, -0.25) is 35.7 Å². The topological polar surface area (TPSA) is 121 Å². The molecule has 0 fully saturated rings. The summed E-state index contributed by atoms with van der Waals surface area (Å²) >= 11 is 0. The third kappa shape index (κ3) is 5.75. The summed E-state index contributed by atoms with van der Waals surface area (Å²) in [4.78, 5) is 40.8. The Morgan fingerprint density at radius 1 is 1.09 bits per heavy atom. The Kier molecular flexibility index (Phi) is 7.27. The second-order valence-corrected chi connectivity index (χ2v) is 6.95. The van der Waals surface area contributed by atoms with E-state index in [-0.39, 0.29) is 18.3 Å². The van der Waals surface area contributed by atoms with Crippen LogP contribution in [0.15, 0.2) is 53.5 Å². The van der Waals surface area contributed by atoms with Crippen molar-refractivity contribution >= 4 is 29.2 Å². The van der Waals surface area contributed by atoms with E-state index in [0.717, 1.165) is 5.56 Å². The van der Waals surface area contributed by atoms with E-state index < -0.39 is 17.9 Å². The Labute approximate surface area is 185 Å². The summed E-state index contributed by atoms with van der Waals surface area (Å²) in [7, 11) is 0. The van der Waals surface area contributed by atoms with Crippen LogP contribution in [0.1, 0.15) is 19.4 Å². The van der Waals surface area contributed by atoms with Crippen molar-refractivity contribution in [3.63, 3.8) is 0 Å². The SMILES string of the molecule is CCOc1ccc(OC(C)C(=O)NNC(=O)C2=NCC(=O)N(c3ccc(C)cc3)N2)cc1. The van der Waals surface area contributed by atoms with E-state index in [1.807, 2.05) is 26.0 Å². The lowest BCUT2D eigenvalue weighted by atomic mass is 10.2. The number of hydrazine groups is 2. The molecule has 1 aliphatic rings. The second-order valence-electron chi connectivity index (χ2n) is 6.95. The van der Waals surface area contributed by atoms with Crippen LogP contribution in [-0.4, -0.2) is 42.8 Å². The van der Waals surface area contributed by atoms with Crippen molar-refractivity contribution in [1.82, 2.24) is 16.3 Å². The van der Waals surface area contributed by atoms with Crippen molar-refractivity contribution in [1.29, 1.82) is 0 Å². The molecule has 10 heteroatoms. The summed E-state index contributed by atoms with van der Waals surface area (Å²) in [6.45, 7) is 5.72. The van der Waals surface area contributed by atoms with E-state index in [2.05, 4.69) is 21.3 Å². The first-order valence-corrected chi connectivity index (χ1v) is 10.1. The van der Waals surface area contributed by atoms with Gasteiger partial charge in [0.2, 0.25) is 5.84 Å². The lowest BCUT2D eigenvalue weighted by Crippen LogP contribution is -2.58. The summed E-state index contributed by atoms with van der Waals surface area (Å²) in [6.07, 6.45) is -0.875. The Morgan fingerprint density at radius 2 is 1.75 bits per heavy atom. The molecule has 2 aromatic carbocycles. The first-order chi connectivity index (χ1) is 15.4. The fraction of sp³-hybridized carbons (Fsp3) is 0.273. The molecule has 0 bridgehead atoms. The Bertz CT molecular complexity index is 1000. The number of amides is 3. The van der Waals surface area contributed by atoms with Gasteiger partial charge in [-0.2, -0.15) is 0 Å². The predicted molar refractivity (Wildman–Crippen MR) is 118 cm³/mol. The van der Waals surface area contributed by atoms with Gasteiger partial charge in [-0.05, 0) is 57.2 Å². The van der Waals surface area contributed by atoms with E-state index in [1.54, 1.807) is 43.3 Å². The normalized spacial score (nSPS) is 14.0. The number of hydrogen-bond acceptors (Lipinski definition) is 7. The quantitative estimate of drug-likeness (QED) is 0.559. The number of amidine groups is 1. The zero-order valence-corrected chi connectivity index (χ0v) is 18.0. The van der Waals surface area contributed by atoms with Crippen molar-refractivity contribution in [2.45, 2.75) is 26.9 Å². The van der Waals surface area contributed by atoms with Crippen LogP contribution < -0.4 is 30.8 Å². The van der Waals surface area contributed by atoms with Crippen LogP contribution in [0.25, 0.3) is 0 Å². The molecule has 1 unspecified atom stereocenters. The van der Waals surface area contributed by atoms with E-state index >= 15 is 0 Å². The van der Waals surface area contributed by atoms with Crippen LogP contribution in [0.2, 0.25) is 0 Å². The average Bonchev–Trinajstić information content (AvgIpc) is 2.79. The molecule has 3 rings (SSSR count). The fourth-order valence-corrected chi connectivity index (χ4v) is 2.76. The average molecular weight is 439 g/mol. The number of nitrogens with zero attached hydrogens (tertiary/aromatic N) is 2. The monoisotopic (exact) mass is 439 g/mol. The summed E-state index contributed by atoms with van der Waals surface area (Å²) < 4.78 is 10.9. The smallest absolute Gasteiger partial charge is 0.306 e. The lowest BCUT2D eigenvalue weighted by molar-refractivity contribution is -0.131. The molecule has 3 amide bonds. The molecule has 0 saturated heterocycles. The van der Waals surface area contributed by atoms with Gasteiger partial charge in [0.05, 0.1) is 12.3 Å². The van der Waals surface area contributed by atoms with Crippen molar-refractivity contribution in [3.05, 3.63) is 54.1 Å². The minimum atomic E-state index is -0.875. The number of hydrogen-bond donors (Lipinski definition) is 3. The number of benzene rings is 2. The Morgan fingerprint density at radius 3 is 2.41 bits per heavy atom. The molecule has 2 aromatic rings. The molecular formula is C22H25N5O5. The number of aryl methyl sites for hydroxylation is 1. The largest absolute Gasteiger partial charge is 0.494 e. The Hall–Kier alpha value is -4.08. The first-order valence-electron chi connectivity index (χ1n) is 10.1. The minimum absolute atomic E-state index is 0.106. The van der Waals surface area contributed by atoms with Gasteiger partial charge in [0.15, 0.2) is 6.10 Å². The number of nitrogens with one attached hydrogen (secondary N) is 3. The van der Waals surface area contributed by atoms with Crippen molar-refractivity contribution in [2.75, 3.05) is 18.2 Å². The molecule has 3 N–H and O–H groups in total. The van der Waals surface area contributed by atoms with E-state index in [4.69, 9.17) is 9.47 Å². The molecule has 0 saturated carbocycles. The van der Waals surface area contributed by atoms with Crippen molar-refractivity contribution in [3.8, 4) is 11.5 Å². The van der Waals surface area contributed by atoms with Crippen LogP contribution in [0, 0.1) is 6.92 Å². The fourth-order valence-electron chi connectivity index (χ4n) is 2.76. The highest BCUT2D eigenvalue weighted by Gasteiger charge is 2.26. The molecule has 1 aliphatic heterocycles. The third-order valence-electron chi connectivity index (χ3n) is 4.46. The third-order valence-corrected chi connectivity index (χ3v) is 4.46. The number of aliphatic imine (C=N–C) groups is 1. The van der Waals surface area contributed by atoms with Crippen LogP contribution >= 0.6 is 0 Å². The number of ether oxygens (including phenoxy) is 2. The van der Waals surface area contributed by atoms with Gasteiger partial charge < -0.3 is 9.47 Å². The Balaban J connectivity index is 1.52. The van der Waals surface area contributed by atoms with Gasteiger partial charge in [0, 0.05) is 0 Å². The number of anilines is 1. The molecule has 168 valence electrons. The van der Waals surface area contributed by atoms with Gasteiger partial charge in [0.25, 0.3) is 11.8 Å². The highest BCUT2D eigenvalue weighted by molar-refractivity contribution is 6.39. The molecule has 10 nitrogen and oxygen atoms in total. The molecule has 0 radical (unpaired) electrons. The van der Waals surface area contributed by atoms with Gasteiger partial charge in [-0.15, -0.1) is 0 Å². The molecule has 1 atom stereocenters. The van der Waals surface area contributed by atoms with E-state index in [9.17, 15) is 14.4 Å². The first kappa shape index (κ1) is 22.6. The minimum Gasteiger partial charge on any atom is -0.494 e. The summed E-state index contributed by atoms with van der Waals surface area (Å²) in [5.41, 5.74) is 8.85. The molecule has 0 aromatic heterocycles. The molecule has 1 heterocycles. The molecule has 0 spiro atoms. The standard InChI is InChI=1S/C22H25N5O5/c1-4-31-17-9-11-18(12-10-17)32-15(3)21(29)24-25-22(30)20-23-13-19(28)27(26-20)16-7-5-14(2)6-8-16/h5-12,15H,4,13H2,1-3H3,(H,23,26)(H,24,29)(H,25,30). The second kappa shape index (κ2) is 10.3. The van der Waals surface area contributed by atoms with Gasteiger partial charge in [-0.25, -0.2) is 5.01 Å². The van der Waals surface area contributed by atoms with Crippen molar-refractivity contribution in [2.24, 2.45) is 4.99 Å². The maximum absolute atomic E-state index is 12.4. The highest BCUT2D eigenvalue weighted by atomic mass is 16.5. The number of carbonyl (C=O) groups excluding carboxylic acids is 3. The lowest BCUT2D eigenvalue weighted by Gasteiger charge is -2.27. The highest BCUT2D eigenvalue weighted by Crippen LogP contribution is 2.18. The predicted octanol–water partition coefficient (Wildman–Crippen LogP) is 1.26. The summed E-state index contributed by atoms with van der Waals surface area (Å²) in [5.74, 6) is -0.500. The summed E-state index contributed by atoms with van der Waals surface area (Å²) in [5, 5.41) is 1.24. The van der Waals surface area contributed by atoms with Crippen LogP contribution in [-0.2, 0) is 14.4 Å². The van der Waals surface area contributed by atoms with E-state index in [0.29, 0.717) is 23.8 Å². The molecule has 0 aliphatic carbocycles. The maximum Gasteiger partial charge on any atom is 0.306 e. The number of carbonyl (C=O) groups is 3. The maximum atomic E-state index is 12.4. The van der Waals surface area contributed by atoms with Crippen LogP contribution in [0.4, 0.5) is 5.69 Å². The van der Waals surface area contributed by atoms with E-state index in [1.165, 1.54) is 5.01 Å².